The SMILES string of the molecule is [2H]c1ncnc2ccc(-c3cnc(OC)c(NS(=O)(=O)c4ccc(F)cc4Cl)c3)nc12. The first-order valence-corrected chi connectivity index (χ1v) is 10.3. The molecule has 8 nitrogen and oxygen atoms in total. The van der Waals surface area contributed by atoms with Crippen LogP contribution in [0.4, 0.5) is 10.1 Å². The number of hydrogen-bond donors (Lipinski definition) is 1. The standard InChI is InChI=1S/C19H13ClFN5O3S/c1-29-19-16(26-30(27,28)18-5-2-12(21)7-13(18)20)6-11(8-23-19)14-3-4-15-17(25-14)9-22-10-24-15/h2-10,26H,1H3/i9D. The highest BCUT2D eigenvalue weighted by atomic mass is 35.5. The summed E-state index contributed by atoms with van der Waals surface area (Å²) in [6, 6.07) is 7.76. The Labute approximate surface area is 177 Å². The second-order valence-corrected chi connectivity index (χ2v) is 8.07. The predicted octanol–water partition coefficient (Wildman–Crippen LogP) is 3.69. The molecule has 0 aliphatic heterocycles. The lowest BCUT2D eigenvalue weighted by Crippen LogP contribution is -2.14. The molecule has 0 atom stereocenters. The highest BCUT2D eigenvalue weighted by Gasteiger charge is 2.21. The number of halogens is 2. The van der Waals surface area contributed by atoms with Gasteiger partial charge >= 0.3 is 0 Å². The highest BCUT2D eigenvalue weighted by Crippen LogP contribution is 2.31. The fourth-order valence-corrected chi connectivity index (χ4v) is 4.28. The molecule has 0 bridgehead atoms. The van der Waals surface area contributed by atoms with Gasteiger partial charge in [-0.15, -0.1) is 0 Å². The minimum atomic E-state index is -4.17. The summed E-state index contributed by atoms with van der Waals surface area (Å²) in [6.45, 7) is 0. The van der Waals surface area contributed by atoms with Crippen LogP contribution in [0.5, 0.6) is 5.88 Å². The summed E-state index contributed by atoms with van der Waals surface area (Å²) >= 11 is 5.91. The smallest absolute Gasteiger partial charge is 0.263 e. The second kappa shape index (κ2) is 7.81. The molecule has 0 aliphatic carbocycles. The summed E-state index contributed by atoms with van der Waals surface area (Å²) in [4.78, 5) is 16.1. The number of benzene rings is 1. The summed E-state index contributed by atoms with van der Waals surface area (Å²) in [5.74, 6) is -0.652. The molecule has 1 N–H and O–H groups in total. The van der Waals surface area contributed by atoms with Gasteiger partial charge in [0.05, 0.1) is 30.9 Å². The molecule has 0 unspecified atom stereocenters. The van der Waals surface area contributed by atoms with Crippen LogP contribution in [0.3, 0.4) is 0 Å². The molecule has 30 heavy (non-hydrogen) atoms. The monoisotopic (exact) mass is 446 g/mol. The third-order valence-electron chi connectivity index (χ3n) is 4.07. The Morgan fingerprint density at radius 2 is 2.00 bits per heavy atom. The Kier molecular flexibility index (Phi) is 4.85. The number of nitrogens with zero attached hydrogens (tertiary/aromatic N) is 4. The molecule has 152 valence electrons. The van der Waals surface area contributed by atoms with Crippen LogP contribution in [0, 0.1) is 5.82 Å². The number of fused-ring (bicyclic) bond motifs is 1. The van der Waals surface area contributed by atoms with Crippen molar-refractivity contribution in [2.75, 3.05) is 11.8 Å². The topological polar surface area (TPSA) is 107 Å². The Morgan fingerprint density at radius 3 is 2.77 bits per heavy atom. The molecule has 0 spiro atoms. The van der Waals surface area contributed by atoms with Gasteiger partial charge in [-0.25, -0.2) is 32.7 Å². The molecule has 11 heteroatoms. The number of ether oxygens (including phenoxy) is 1. The van der Waals surface area contributed by atoms with E-state index in [1.54, 1.807) is 12.1 Å². The molecule has 0 saturated heterocycles. The number of hydrogen-bond acceptors (Lipinski definition) is 7. The maximum absolute atomic E-state index is 13.3. The third-order valence-corrected chi connectivity index (χ3v) is 5.92. The quantitative estimate of drug-likeness (QED) is 0.498. The van der Waals surface area contributed by atoms with E-state index in [-0.39, 0.29) is 33.2 Å². The summed E-state index contributed by atoms with van der Waals surface area (Å²) in [6.07, 6.45) is 2.68. The van der Waals surface area contributed by atoms with Crippen LogP contribution < -0.4 is 9.46 Å². The van der Waals surface area contributed by atoms with Crippen molar-refractivity contribution in [3.05, 3.63) is 65.9 Å². The lowest BCUT2D eigenvalue weighted by molar-refractivity contribution is 0.400. The lowest BCUT2D eigenvalue weighted by atomic mass is 10.1. The number of nitrogens with one attached hydrogen (secondary N) is 1. The Hall–Kier alpha value is -3.37. The third kappa shape index (κ3) is 3.87. The fourth-order valence-electron chi connectivity index (χ4n) is 2.70. The molecule has 3 heterocycles. The van der Waals surface area contributed by atoms with Crippen LogP contribution in [0.15, 0.2) is 60.0 Å². The largest absolute Gasteiger partial charge is 0.480 e. The molecular weight excluding hydrogens is 433 g/mol. The predicted molar refractivity (Wildman–Crippen MR) is 109 cm³/mol. The summed E-state index contributed by atoms with van der Waals surface area (Å²) in [5, 5.41) is -0.269. The molecule has 0 fully saturated rings. The fraction of sp³-hybridized carbons (Fsp3) is 0.0526. The van der Waals surface area contributed by atoms with Crippen molar-refractivity contribution < 1.29 is 18.9 Å². The number of pyridine rings is 2. The van der Waals surface area contributed by atoms with Crippen molar-refractivity contribution in [1.29, 1.82) is 0 Å². The van der Waals surface area contributed by atoms with Crippen molar-refractivity contribution in [3.63, 3.8) is 0 Å². The first-order valence-electron chi connectivity index (χ1n) is 8.89. The average molecular weight is 447 g/mol. The molecule has 4 rings (SSSR count). The van der Waals surface area contributed by atoms with Crippen LogP contribution in [0.1, 0.15) is 1.37 Å². The van der Waals surface area contributed by atoms with Crippen molar-refractivity contribution in [3.8, 4) is 17.1 Å². The summed E-state index contributed by atoms with van der Waals surface area (Å²) < 4.78 is 54.3. The van der Waals surface area contributed by atoms with E-state index in [2.05, 4.69) is 24.7 Å². The maximum Gasteiger partial charge on any atom is 0.263 e. The summed E-state index contributed by atoms with van der Waals surface area (Å²) in [5.41, 5.74) is 1.69. The lowest BCUT2D eigenvalue weighted by Gasteiger charge is -2.13. The Morgan fingerprint density at radius 1 is 1.17 bits per heavy atom. The number of rotatable bonds is 5. The van der Waals surface area contributed by atoms with Crippen molar-refractivity contribution in [2.45, 2.75) is 4.90 Å². The van der Waals surface area contributed by atoms with Crippen LogP contribution in [-0.2, 0) is 10.0 Å². The molecule has 0 radical (unpaired) electrons. The van der Waals surface area contributed by atoms with Crippen molar-refractivity contribution in [1.82, 2.24) is 19.9 Å². The van der Waals surface area contributed by atoms with E-state index in [4.69, 9.17) is 17.7 Å². The average Bonchev–Trinajstić information content (AvgIpc) is 2.73. The van der Waals surface area contributed by atoms with E-state index in [1.807, 2.05) is 0 Å². The van der Waals surface area contributed by atoms with Gasteiger partial charge in [-0.2, -0.15) is 0 Å². The first-order chi connectivity index (χ1) is 14.8. The van der Waals surface area contributed by atoms with E-state index >= 15 is 0 Å². The van der Waals surface area contributed by atoms with Crippen LogP contribution >= 0.6 is 11.6 Å². The maximum atomic E-state index is 13.3. The van der Waals surface area contributed by atoms with Crippen LogP contribution in [0.2, 0.25) is 5.02 Å². The van der Waals surface area contributed by atoms with Crippen LogP contribution in [0.25, 0.3) is 22.3 Å². The number of aromatic nitrogens is 4. The van der Waals surface area contributed by atoms with Gasteiger partial charge in [0.1, 0.15) is 28.2 Å². The summed E-state index contributed by atoms with van der Waals surface area (Å²) in [7, 11) is -2.84. The van der Waals surface area contributed by atoms with Gasteiger partial charge in [0.15, 0.2) is 0 Å². The van der Waals surface area contributed by atoms with Crippen molar-refractivity contribution >= 4 is 38.3 Å². The van der Waals surface area contributed by atoms with Gasteiger partial charge in [0.2, 0.25) is 5.88 Å². The first kappa shape index (κ1) is 18.6. The molecule has 0 amide bonds. The van der Waals surface area contributed by atoms with Gasteiger partial charge in [-0.3, -0.25) is 4.72 Å². The van der Waals surface area contributed by atoms with Crippen molar-refractivity contribution in [2.24, 2.45) is 0 Å². The minimum Gasteiger partial charge on any atom is -0.480 e. The Balaban J connectivity index is 1.77. The van der Waals surface area contributed by atoms with Crippen LogP contribution in [-0.4, -0.2) is 35.5 Å². The molecule has 0 saturated carbocycles. The molecule has 1 aromatic carbocycles. The normalized spacial score (nSPS) is 11.9. The molecule has 4 aromatic rings. The molecular formula is C19H13ClFN5O3S. The zero-order valence-electron chi connectivity index (χ0n) is 16.3. The number of anilines is 1. The van der Waals surface area contributed by atoms with Gasteiger partial charge in [-0.05, 0) is 36.4 Å². The highest BCUT2D eigenvalue weighted by molar-refractivity contribution is 7.92. The van der Waals surface area contributed by atoms with E-state index < -0.39 is 15.8 Å². The zero-order valence-corrected chi connectivity index (χ0v) is 16.9. The number of sulfonamides is 1. The zero-order chi connectivity index (χ0) is 22.2. The van der Waals surface area contributed by atoms with Gasteiger partial charge < -0.3 is 4.74 Å². The number of methoxy groups -OCH3 is 1. The van der Waals surface area contributed by atoms with Gasteiger partial charge in [0.25, 0.3) is 10.0 Å². The van der Waals surface area contributed by atoms with E-state index in [1.165, 1.54) is 25.7 Å². The van der Waals surface area contributed by atoms with Gasteiger partial charge in [0, 0.05) is 11.8 Å². The Bertz CT molecular complexity index is 1420. The molecule has 3 aromatic heterocycles. The van der Waals surface area contributed by atoms with E-state index in [9.17, 15) is 12.8 Å². The minimum absolute atomic E-state index is 0.0101. The second-order valence-electron chi connectivity index (χ2n) is 6.01. The van der Waals surface area contributed by atoms with E-state index in [0.29, 0.717) is 16.8 Å². The van der Waals surface area contributed by atoms with Gasteiger partial charge in [-0.1, -0.05) is 11.6 Å². The molecule has 0 aliphatic rings. The van der Waals surface area contributed by atoms with E-state index in [0.717, 1.165) is 18.2 Å².